The van der Waals surface area contributed by atoms with Gasteiger partial charge in [0.05, 0.1) is 7.11 Å². The van der Waals surface area contributed by atoms with Crippen molar-refractivity contribution < 1.29 is 14.3 Å². The van der Waals surface area contributed by atoms with Gasteiger partial charge < -0.3 is 4.74 Å². The summed E-state index contributed by atoms with van der Waals surface area (Å²) >= 11 is 0. The lowest BCUT2D eigenvalue weighted by molar-refractivity contribution is 0.0991. The highest BCUT2D eigenvalue weighted by Gasteiger charge is 2.10. The van der Waals surface area contributed by atoms with Crippen LogP contribution in [0.1, 0.15) is 26.3 Å². The molecule has 0 aromatic heterocycles. The average Bonchev–Trinajstić information content (AvgIpc) is 2.48. The van der Waals surface area contributed by atoms with E-state index in [4.69, 9.17) is 4.74 Å². The van der Waals surface area contributed by atoms with Crippen molar-refractivity contribution in [2.45, 2.75) is 6.42 Å². The summed E-state index contributed by atoms with van der Waals surface area (Å²) in [6.07, 6.45) is 1.04. The fourth-order valence-corrected chi connectivity index (χ4v) is 1.87. The molecule has 3 nitrogen and oxygen atoms in total. The summed E-state index contributed by atoms with van der Waals surface area (Å²) < 4.78 is 5.22. The zero-order chi connectivity index (χ0) is 13.7. The number of hydrogen-bond acceptors (Lipinski definition) is 3. The van der Waals surface area contributed by atoms with Crippen LogP contribution < -0.4 is 4.74 Å². The van der Waals surface area contributed by atoms with Crippen LogP contribution in [-0.2, 0) is 6.42 Å². The van der Waals surface area contributed by atoms with Gasteiger partial charge in [-0.25, -0.2) is 0 Å². The molecule has 0 amide bonds. The number of ether oxygens (including phenoxy) is 1. The quantitative estimate of drug-likeness (QED) is 0.608. The number of benzene rings is 2. The van der Waals surface area contributed by atoms with Gasteiger partial charge in [0.1, 0.15) is 12.0 Å². The highest BCUT2D eigenvalue weighted by atomic mass is 16.5. The summed E-state index contributed by atoms with van der Waals surface area (Å²) in [5, 5.41) is 0. The number of rotatable bonds is 5. The molecule has 0 N–H and O–H groups in total. The van der Waals surface area contributed by atoms with Crippen LogP contribution in [0.5, 0.6) is 5.75 Å². The van der Waals surface area contributed by atoms with Gasteiger partial charge in [-0.05, 0) is 6.07 Å². The molecule has 96 valence electrons. The molecule has 0 saturated heterocycles. The first-order valence-corrected chi connectivity index (χ1v) is 5.95. The lowest BCUT2D eigenvalue weighted by Gasteiger charge is -2.07. The van der Waals surface area contributed by atoms with Crippen molar-refractivity contribution in [2.75, 3.05) is 7.11 Å². The van der Waals surface area contributed by atoms with Crippen LogP contribution in [0.3, 0.4) is 0 Å². The minimum absolute atomic E-state index is 0.00180. The Morgan fingerprint density at radius 3 is 2.42 bits per heavy atom. The van der Waals surface area contributed by atoms with E-state index in [1.807, 2.05) is 24.3 Å². The Kier molecular flexibility index (Phi) is 4.08. The standard InChI is InChI=1S/C16H14O3/c1-19-16-5-3-2-4-14(16)10-15(18)13-8-6-12(11-17)7-9-13/h2-9,11H,10H2,1H3. The minimum Gasteiger partial charge on any atom is -0.496 e. The molecular formula is C16H14O3. The van der Waals surface area contributed by atoms with Gasteiger partial charge in [-0.1, -0.05) is 42.5 Å². The molecule has 0 fully saturated rings. The van der Waals surface area contributed by atoms with Crippen molar-refractivity contribution in [3.8, 4) is 5.75 Å². The van der Waals surface area contributed by atoms with Crippen molar-refractivity contribution in [3.63, 3.8) is 0 Å². The SMILES string of the molecule is COc1ccccc1CC(=O)c1ccc(C=O)cc1. The van der Waals surface area contributed by atoms with Crippen LogP contribution in [0.15, 0.2) is 48.5 Å². The molecule has 3 heteroatoms. The number of para-hydroxylation sites is 1. The zero-order valence-corrected chi connectivity index (χ0v) is 10.6. The van der Waals surface area contributed by atoms with Gasteiger partial charge in [-0.15, -0.1) is 0 Å². The van der Waals surface area contributed by atoms with Gasteiger partial charge in [0.25, 0.3) is 0 Å². The van der Waals surface area contributed by atoms with E-state index in [-0.39, 0.29) is 12.2 Å². The molecule has 0 heterocycles. The molecule has 0 radical (unpaired) electrons. The fourth-order valence-electron chi connectivity index (χ4n) is 1.87. The van der Waals surface area contributed by atoms with Crippen LogP contribution in [0.4, 0.5) is 0 Å². The topological polar surface area (TPSA) is 43.4 Å². The lowest BCUT2D eigenvalue weighted by Crippen LogP contribution is -2.05. The van der Waals surface area contributed by atoms with Gasteiger partial charge >= 0.3 is 0 Å². The minimum atomic E-state index is 0.00180. The van der Waals surface area contributed by atoms with Gasteiger partial charge in [-0.2, -0.15) is 0 Å². The van der Waals surface area contributed by atoms with E-state index in [1.54, 1.807) is 31.4 Å². The number of carbonyl (C=O) groups excluding carboxylic acids is 2. The molecule has 2 aromatic carbocycles. The molecule has 2 aromatic rings. The summed E-state index contributed by atoms with van der Waals surface area (Å²) in [7, 11) is 1.59. The maximum Gasteiger partial charge on any atom is 0.167 e. The molecule has 0 unspecified atom stereocenters. The Morgan fingerprint density at radius 2 is 1.79 bits per heavy atom. The fraction of sp³-hybridized carbons (Fsp3) is 0.125. The van der Waals surface area contributed by atoms with Crippen molar-refractivity contribution >= 4 is 12.1 Å². The maximum absolute atomic E-state index is 12.1. The maximum atomic E-state index is 12.1. The monoisotopic (exact) mass is 254 g/mol. The average molecular weight is 254 g/mol. The summed E-state index contributed by atoms with van der Waals surface area (Å²) in [4.78, 5) is 22.7. The van der Waals surface area contributed by atoms with Crippen LogP contribution in [-0.4, -0.2) is 19.2 Å². The summed E-state index contributed by atoms with van der Waals surface area (Å²) in [6, 6.07) is 14.1. The smallest absolute Gasteiger partial charge is 0.167 e. The summed E-state index contributed by atoms with van der Waals surface area (Å²) in [5.41, 5.74) is 2.01. The third kappa shape index (κ3) is 3.07. The number of aldehydes is 1. The molecule has 2 rings (SSSR count). The van der Waals surface area contributed by atoms with Crippen molar-refractivity contribution in [1.29, 1.82) is 0 Å². The number of ketones is 1. The number of Topliss-reactive ketones (excluding diaryl/α,β-unsaturated/α-hetero) is 1. The largest absolute Gasteiger partial charge is 0.496 e. The second-order valence-corrected chi connectivity index (χ2v) is 4.15. The predicted molar refractivity (Wildman–Crippen MR) is 72.9 cm³/mol. The van der Waals surface area contributed by atoms with Crippen LogP contribution >= 0.6 is 0 Å². The molecule has 0 saturated carbocycles. The van der Waals surface area contributed by atoms with Gasteiger partial charge in [0.15, 0.2) is 5.78 Å². The van der Waals surface area contributed by atoms with Gasteiger partial charge in [0.2, 0.25) is 0 Å². The highest BCUT2D eigenvalue weighted by Crippen LogP contribution is 2.19. The summed E-state index contributed by atoms with van der Waals surface area (Å²) in [5.74, 6) is 0.710. The Hall–Kier alpha value is -2.42. The van der Waals surface area contributed by atoms with E-state index < -0.39 is 0 Å². The third-order valence-corrected chi connectivity index (χ3v) is 2.91. The van der Waals surface area contributed by atoms with E-state index in [2.05, 4.69) is 0 Å². The van der Waals surface area contributed by atoms with Crippen molar-refractivity contribution in [1.82, 2.24) is 0 Å². The van der Waals surface area contributed by atoms with Gasteiger partial charge in [0, 0.05) is 23.1 Å². The van der Waals surface area contributed by atoms with Gasteiger partial charge in [-0.3, -0.25) is 9.59 Å². The molecule has 19 heavy (non-hydrogen) atoms. The molecule has 0 aliphatic heterocycles. The first-order chi connectivity index (χ1) is 9.24. The molecule has 0 aliphatic carbocycles. The first-order valence-electron chi connectivity index (χ1n) is 5.95. The highest BCUT2D eigenvalue weighted by molar-refractivity contribution is 5.98. The van der Waals surface area contributed by atoms with Crippen LogP contribution in [0.25, 0.3) is 0 Å². The molecule has 0 aliphatic rings. The Labute approximate surface area is 111 Å². The van der Waals surface area contributed by atoms with Crippen molar-refractivity contribution in [3.05, 3.63) is 65.2 Å². The molecular weight excluding hydrogens is 240 g/mol. The molecule has 0 atom stereocenters. The molecule has 0 spiro atoms. The van der Waals surface area contributed by atoms with Crippen molar-refractivity contribution in [2.24, 2.45) is 0 Å². The Bertz CT molecular complexity index is 585. The second-order valence-electron chi connectivity index (χ2n) is 4.15. The predicted octanol–water partition coefficient (Wildman–Crippen LogP) is 2.93. The zero-order valence-electron chi connectivity index (χ0n) is 10.6. The van der Waals surface area contributed by atoms with E-state index in [9.17, 15) is 9.59 Å². The van der Waals surface area contributed by atoms with Crippen LogP contribution in [0, 0.1) is 0 Å². The van der Waals surface area contributed by atoms with Crippen LogP contribution in [0.2, 0.25) is 0 Å². The second kappa shape index (κ2) is 5.96. The number of hydrogen-bond donors (Lipinski definition) is 0. The number of methoxy groups -OCH3 is 1. The van der Waals surface area contributed by atoms with E-state index in [0.29, 0.717) is 16.9 Å². The van der Waals surface area contributed by atoms with E-state index >= 15 is 0 Å². The Morgan fingerprint density at radius 1 is 1.11 bits per heavy atom. The first kappa shape index (κ1) is 13.0. The van der Waals surface area contributed by atoms with E-state index in [1.165, 1.54) is 0 Å². The normalized spacial score (nSPS) is 9.95. The molecule has 0 bridgehead atoms. The Balaban J connectivity index is 2.18. The summed E-state index contributed by atoms with van der Waals surface area (Å²) in [6.45, 7) is 0. The third-order valence-electron chi connectivity index (χ3n) is 2.91. The van der Waals surface area contributed by atoms with E-state index in [0.717, 1.165) is 11.8 Å². The number of carbonyl (C=O) groups is 2. The lowest BCUT2D eigenvalue weighted by atomic mass is 10.0.